The first kappa shape index (κ1) is 13.2. The summed E-state index contributed by atoms with van der Waals surface area (Å²) in [6.45, 7) is 4.10. The molecule has 0 saturated carbocycles. The van der Waals surface area contributed by atoms with E-state index in [4.69, 9.17) is 0 Å². The Kier molecular flexibility index (Phi) is 2.69. The molecule has 1 aromatic carbocycles. The monoisotopic (exact) mass is 296 g/mol. The third-order valence-corrected chi connectivity index (χ3v) is 4.90. The van der Waals surface area contributed by atoms with E-state index in [1.807, 2.05) is 13.8 Å². The first-order valence-corrected chi connectivity index (χ1v) is 7.40. The maximum absolute atomic E-state index is 12.7. The van der Waals surface area contributed by atoms with E-state index in [0.29, 0.717) is 29.6 Å². The van der Waals surface area contributed by atoms with Gasteiger partial charge < -0.3 is 0 Å². The summed E-state index contributed by atoms with van der Waals surface area (Å²) in [6.07, 6.45) is 1.37. The molecule has 1 saturated heterocycles. The normalized spacial score (nSPS) is 25.3. The van der Waals surface area contributed by atoms with Crippen molar-refractivity contribution in [3.63, 3.8) is 0 Å². The van der Waals surface area contributed by atoms with E-state index in [1.54, 1.807) is 18.2 Å². The van der Waals surface area contributed by atoms with Crippen molar-refractivity contribution in [2.24, 2.45) is 11.8 Å². The van der Waals surface area contributed by atoms with E-state index in [0.717, 1.165) is 0 Å². The average Bonchev–Trinajstić information content (AvgIpc) is 3.04. The van der Waals surface area contributed by atoms with Crippen LogP contribution in [0.3, 0.4) is 0 Å². The topological polar surface area (TPSA) is 79.0 Å². The number of allylic oxidation sites excluding steroid dienone is 2. The predicted octanol–water partition coefficient (Wildman–Crippen LogP) is 2.19. The second-order valence-corrected chi connectivity index (χ2v) is 6.19. The molecule has 22 heavy (non-hydrogen) atoms. The molecule has 4 rings (SSSR count). The fourth-order valence-electron chi connectivity index (χ4n) is 3.47. The van der Waals surface area contributed by atoms with Gasteiger partial charge in [0.1, 0.15) is 11.0 Å². The number of carbonyl (C=O) groups excluding carboxylic acids is 2. The minimum Gasteiger partial charge on any atom is -0.274 e. The third kappa shape index (κ3) is 1.73. The molecule has 6 nitrogen and oxygen atoms in total. The summed E-state index contributed by atoms with van der Waals surface area (Å²) in [5.41, 5.74) is 4.42. The number of anilines is 1. The number of amides is 2. The van der Waals surface area contributed by atoms with Crippen molar-refractivity contribution in [3.05, 3.63) is 29.3 Å². The summed E-state index contributed by atoms with van der Waals surface area (Å²) in [5, 5.41) is 10.6. The third-order valence-electron chi connectivity index (χ3n) is 4.90. The summed E-state index contributed by atoms with van der Waals surface area (Å²) in [6, 6.07) is 5.26. The Morgan fingerprint density at radius 2 is 1.59 bits per heavy atom. The van der Waals surface area contributed by atoms with E-state index in [9.17, 15) is 9.59 Å². The van der Waals surface area contributed by atoms with Crippen molar-refractivity contribution in [3.8, 4) is 0 Å². The zero-order valence-electron chi connectivity index (χ0n) is 12.5. The van der Waals surface area contributed by atoms with Crippen LogP contribution in [0.15, 0.2) is 29.3 Å². The Balaban J connectivity index is 1.74. The molecule has 6 heteroatoms. The van der Waals surface area contributed by atoms with Gasteiger partial charge in [0.2, 0.25) is 11.8 Å². The number of benzene rings is 1. The summed E-state index contributed by atoms with van der Waals surface area (Å²) >= 11 is 0. The van der Waals surface area contributed by atoms with E-state index >= 15 is 0 Å². The van der Waals surface area contributed by atoms with Crippen LogP contribution in [-0.4, -0.2) is 27.2 Å². The van der Waals surface area contributed by atoms with Crippen molar-refractivity contribution in [1.82, 2.24) is 15.4 Å². The molecule has 0 bridgehead atoms. The van der Waals surface area contributed by atoms with E-state index in [-0.39, 0.29) is 23.7 Å². The summed E-state index contributed by atoms with van der Waals surface area (Å²) in [5.74, 6) is -0.622. The smallest absolute Gasteiger partial charge is 0.238 e. The van der Waals surface area contributed by atoms with Crippen LogP contribution in [-0.2, 0) is 9.59 Å². The molecule has 1 fully saturated rings. The number of aromatic amines is 1. The largest absolute Gasteiger partial charge is 0.274 e. The highest BCUT2D eigenvalue weighted by Crippen LogP contribution is 2.42. The Morgan fingerprint density at radius 1 is 1.00 bits per heavy atom. The van der Waals surface area contributed by atoms with Crippen LogP contribution in [0, 0.1) is 11.8 Å². The fourth-order valence-corrected chi connectivity index (χ4v) is 3.47. The van der Waals surface area contributed by atoms with Crippen LogP contribution in [0.2, 0.25) is 0 Å². The fraction of sp³-hybridized carbons (Fsp3) is 0.375. The molecule has 1 aliphatic carbocycles. The standard InChI is InChI=1S/C16H16N4O2/c1-8-5-11-12(6-9(8)2)16(22)20(15(11)21)10-3-4-13-14(7-10)18-19-17-13/h3-4,7,11-12H,5-6H2,1-2H3,(H,17,18,19). The van der Waals surface area contributed by atoms with Crippen LogP contribution in [0.4, 0.5) is 5.69 Å². The van der Waals surface area contributed by atoms with Gasteiger partial charge in [-0.2, -0.15) is 15.4 Å². The molecule has 2 aromatic rings. The van der Waals surface area contributed by atoms with Crippen molar-refractivity contribution in [2.45, 2.75) is 26.7 Å². The maximum atomic E-state index is 12.7. The molecule has 1 N–H and O–H groups in total. The summed E-state index contributed by atoms with van der Waals surface area (Å²) in [7, 11) is 0. The Bertz CT molecular complexity index is 804. The van der Waals surface area contributed by atoms with Crippen LogP contribution in [0.25, 0.3) is 11.0 Å². The van der Waals surface area contributed by atoms with Crippen LogP contribution in [0.1, 0.15) is 26.7 Å². The van der Waals surface area contributed by atoms with Gasteiger partial charge in [0, 0.05) is 0 Å². The lowest BCUT2D eigenvalue weighted by Gasteiger charge is -2.23. The van der Waals surface area contributed by atoms with Gasteiger partial charge in [-0.1, -0.05) is 11.1 Å². The Hall–Kier alpha value is -2.50. The number of H-pyrrole nitrogens is 1. The first-order valence-electron chi connectivity index (χ1n) is 7.40. The highest BCUT2D eigenvalue weighted by Gasteiger charge is 2.49. The summed E-state index contributed by atoms with van der Waals surface area (Å²) < 4.78 is 0. The number of rotatable bonds is 1. The minimum absolute atomic E-state index is 0.0929. The van der Waals surface area contributed by atoms with Crippen molar-refractivity contribution in [1.29, 1.82) is 0 Å². The molecule has 1 aliphatic heterocycles. The van der Waals surface area contributed by atoms with Crippen LogP contribution in [0.5, 0.6) is 0 Å². The van der Waals surface area contributed by atoms with Gasteiger partial charge in [0.15, 0.2) is 0 Å². The quantitative estimate of drug-likeness (QED) is 0.646. The maximum Gasteiger partial charge on any atom is 0.238 e. The zero-order valence-corrected chi connectivity index (χ0v) is 12.5. The highest BCUT2D eigenvalue weighted by atomic mass is 16.2. The molecule has 0 radical (unpaired) electrons. The van der Waals surface area contributed by atoms with Crippen molar-refractivity contribution >= 4 is 28.5 Å². The first-order chi connectivity index (χ1) is 10.6. The molecular weight excluding hydrogens is 280 g/mol. The predicted molar refractivity (Wildman–Crippen MR) is 81.0 cm³/mol. The van der Waals surface area contributed by atoms with Gasteiger partial charge in [-0.25, -0.2) is 4.90 Å². The lowest BCUT2D eigenvalue weighted by Crippen LogP contribution is -2.30. The molecule has 112 valence electrons. The molecule has 2 amide bonds. The number of imide groups is 1. The SMILES string of the molecule is CC1=C(C)CC2C(=O)N(c3ccc4n[nH]nc4c3)C(=O)C2C1. The minimum atomic E-state index is -0.218. The number of hydrogen-bond donors (Lipinski definition) is 1. The number of nitrogens with zero attached hydrogens (tertiary/aromatic N) is 3. The van der Waals surface area contributed by atoms with Crippen molar-refractivity contribution in [2.75, 3.05) is 4.90 Å². The van der Waals surface area contributed by atoms with Crippen LogP contribution < -0.4 is 4.90 Å². The average molecular weight is 296 g/mol. The number of carbonyl (C=O) groups is 2. The second kappa shape index (κ2) is 4.50. The Labute approximate surface area is 127 Å². The van der Waals surface area contributed by atoms with E-state index in [1.165, 1.54) is 16.0 Å². The molecule has 0 spiro atoms. The van der Waals surface area contributed by atoms with Gasteiger partial charge in [0.05, 0.1) is 17.5 Å². The molecule has 2 aliphatic rings. The van der Waals surface area contributed by atoms with E-state index < -0.39 is 0 Å². The van der Waals surface area contributed by atoms with Crippen molar-refractivity contribution < 1.29 is 9.59 Å². The molecule has 2 atom stereocenters. The molecule has 2 unspecified atom stereocenters. The number of aromatic nitrogens is 3. The lowest BCUT2D eigenvalue weighted by molar-refractivity contribution is -0.122. The highest BCUT2D eigenvalue weighted by molar-refractivity contribution is 6.22. The van der Waals surface area contributed by atoms with Crippen LogP contribution >= 0.6 is 0 Å². The molecule has 1 aromatic heterocycles. The van der Waals surface area contributed by atoms with Gasteiger partial charge in [-0.15, -0.1) is 0 Å². The second-order valence-electron chi connectivity index (χ2n) is 6.19. The zero-order chi connectivity index (χ0) is 15.4. The van der Waals surface area contributed by atoms with Gasteiger partial charge in [-0.3, -0.25) is 9.59 Å². The number of fused-ring (bicyclic) bond motifs is 2. The summed E-state index contributed by atoms with van der Waals surface area (Å²) in [4.78, 5) is 26.8. The van der Waals surface area contributed by atoms with E-state index in [2.05, 4.69) is 15.4 Å². The van der Waals surface area contributed by atoms with Gasteiger partial charge in [-0.05, 0) is 44.9 Å². The lowest BCUT2D eigenvalue weighted by atomic mass is 9.78. The van der Waals surface area contributed by atoms with Gasteiger partial charge in [0.25, 0.3) is 0 Å². The molecule has 2 heterocycles. The Morgan fingerprint density at radius 3 is 2.23 bits per heavy atom. The van der Waals surface area contributed by atoms with Gasteiger partial charge >= 0.3 is 0 Å². The number of nitrogens with one attached hydrogen (secondary N) is 1. The molecular formula is C16H16N4O2. The number of hydrogen-bond acceptors (Lipinski definition) is 4.